The van der Waals surface area contributed by atoms with E-state index in [1.165, 1.54) is 0 Å². The Morgan fingerprint density at radius 2 is 2.00 bits per heavy atom. The molecule has 0 aliphatic carbocycles. The molecule has 0 spiro atoms. The van der Waals surface area contributed by atoms with Gasteiger partial charge in [0.2, 0.25) is 0 Å². The summed E-state index contributed by atoms with van der Waals surface area (Å²) in [6.45, 7) is 6.29. The van der Waals surface area contributed by atoms with Crippen molar-refractivity contribution in [3.05, 3.63) is 58.9 Å². The van der Waals surface area contributed by atoms with Gasteiger partial charge in [-0.3, -0.25) is 9.97 Å². The molecular weight excluding hydrogens is 241 g/mol. The molecule has 2 rings (SSSR count). The second kappa shape index (κ2) is 5.89. The number of benzene rings is 1. The van der Waals surface area contributed by atoms with Crippen LogP contribution in [-0.4, -0.2) is 9.97 Å². The quantitative estimate of drug-likeness (QED) is 0.917. The van der Waals surface area contributed by atoms with Crippen LogP contribution >= 0.6 is 0 Å². The standard InChI is InChI=1S/C15H18FN3/c1-10-4-5-13(6-15(10)16)12(3)18-9-14-8-17-11(2)7-19-14/h4-8,12,18H,9H2,1-3H3. The summed E-state index contributed by atoms with van der Waals surface area (Å²) < 4.78 is 13.5. The van der Waals surface area contributed by atoms with E-state index >= 15 is 0 Å². The second-order valence-electron chi connectivity index (χ2n) is 4.76. The van der Waals surface area contributed by atoms with Gasteiger partial charge in [0.15, 0.2) is 0 Å². The van der Waals surface area contributed by atoms with Gasteiger partial charge in [-0.1, -0.05) is 12.1 Å². The molecule has 2 aromatic rings. The summed E-state index contributed by atoms with van der Waals surface area (Å²) in [5.41, 5.74) is 3.38. The smallest absolute Gasteiger partial charge is 0.126 e. The molecule has 100 valence electrons. The predicted octanol–water partition coefficient (Wildman–Crippen LogP) is 3.08. The van der Waals surface area contributed by atoms with E-state index in [4.69, 9.17) is 0 Å². The third kappa shape index (κ3) is 3.58. The molecule has 0 bridgehead atoms. The minimum Gasteiger partial charge on any atom is -0.305 e. The summed E-state index contributed by atoms with van der Waals surface area (Å²) in [6.07, 6.45) is 3.50. The van der Waals surface area contributed by atoms with E-state index < -0.39 is 0 Å². The zero-order valence-electron chi connectivity index (χ0n) is 11.4. The predicted molar refractivity (Wildman–Crippen MR) is 73.2 cm³/mol. The molecule has 0 fully saturated rings. The van der Waals surface area contributed by atoms with Crippen LogP contribution < -0.4 is 5.32 Å². The third-order valence-electron chi connectivity index (χ3n) is 3.12. The van der Waals surface area contributed by atoms with Gasteiger partial charge < -0.3 is 5.32 Å². The maximum atomic E-state index is 13.5. The lowest BCUT2D eigenvalue weighted by Crippen LogP contribution is -2.19. The number of hydrogen-bond acceptors (Lipinski definition) is 3. The minimum absolute atomic E-state index is 0.0678. The van der Waals surface area contributed by atoms with Crippen LogP contribution in [0.15, 0.2) is 30.6 Å². The van der Waals surface area contributed by atoms with Crippen molar-refractivity contribution >= 4 is 0 Å². The molecule has 0 saturated carbocycles. The van der Waals surface area contributed by atoms with E-state index in [0.29, 0.717) is 12.1 Å². The van der Waals surface area contributed by atoms with Gasteiger partial charge in [-0.15, -0.1) is 0 Å². The third-order valence-corrected chi connectivity index (χ3v) is 3.12. The first-order valence-electron chi connectivity index (χ1n) is 6.33. The van der Waals surface area contributed by atoms with Crippen molar-refractivity contribution in [1.29, 1.82) is 0 Å². The fraction of sp³-hybridized carbons (Fsp3) is 0.333. The van der Waals surface area contributed by atoms with Crippen LogP contribution in [0.25, 0.3) is 0 Å². The highest BCUT2D eigenvalue weighted by atomic mass is 19.1. The molecule has 1 aromatic carbocycles. The van der Waals surface area contributed by atoms with Gasteiger partial charge in [-0.25, -0.2) is 4.39 Å². The Labute approximate surface area is 112 Å². The Bertz CT molecular complexity index is 552. The Balaban J connectivity index is 1.98. The van der Waals surface area contributed by atoms with Crippen LogP contribution in [0, 0.1) is 19.7 Å². The van der Waals surface area contributed by atoms with Gasteiger partial charge in [-0.05, 0) is 38.0 Å². The first-order valence-corrected chi connectivity index (χ1v) is 6.33. The van der Waals surface area contributed by atoms with Gasteiger partial charge in [0, 0.05) is 25.0 Å². The molecule has 0 amide bonds. The highest BCUT2D eigenvalue weighted by Gasteiger charge is 2.07. The minimum atomic E-state index is -0.165. The lowest BCUT2D eigenvalue weighted by molar-refractivity contribution is 0.556. The van der Waals surface area contributed by atoms with Gasteiger partial charge in [0.1, 0.15) is 5.82 Å². The van der Waals surface area contributed by atoms with Crippen molar-refractivity contribution < 1.29 is 4.39 Å². The van der Waals surface area contributed by atoms with Crippen LogP contribution in [0.4, 0.5) is 4.39 Å². The molecule has 1 atom stereocenters. The van der Waals surface area contributed by atoms with E-state index in [0.717, 1.165) is 17.0 Å². The topological polar surface area (TPSA) is 37.8 Å². The van der Waals surface area contributed by atoms with Gasteiger partial charge in [0.05, 0.1) is 11.4 Å². The maximum absolute atomic E-state index is 13.5. The maximum Gasteiger partial charge on any atom is 0.126 e. The number of nitrogens with one attached hydrogen (secondary N) is 1. The summed E-state index contributed by atoms with van der Waals surface area (Å²) >= 11 is 0. The van der Waals surface area contributed by atoms with E-state index in [1.54, 1.807) is 31.5 Å². The number of aromatic nitrogens is 2. The molecule has 3 nitrogen and oxygen atoms in total. The fourth-order valence-corrected chi connectivity index (χ4v) is 1.76. The monoisotopic (exact) mass is 259 g/mol. The zero-order chi connectivity index (χ0) is 13.8. The first-order chi connectivity index (χ1) is 9.06. The SMILES string of the molecule is Cc1cnc(CNC(C)c2ccc(C)c(F)c2)cn1. The van der Waals surface area contributed by atoms with E-state index in [9.17, 15) is 4.39 Å². The highest BCUT2D eigenvalue weighted by Crippen LogP contribution is 2.16. The van der Waals surface area contributed by atoms with Crippen LogP contribution in [-0.2, 0) is 6.54 Å². The lowest BCUT2D eigenvalue weighted by Gasteiger charge is -2.14. The van der Waals surface area contributed by atoms with Crippen LogP contribution in [0.3, 0.4) is 0 Å². The lowest BCUT2D eigenvalue weighted by atomic mass is 10.1. The fourth-order valence-electron chi connectivity index (χ4n) is 1.76. The molecule has 1 unspecified atom stereocenters. The Hall–Kier alpha value is -1.81. The van der Waals surface area contributed by atoms with Crippen molar-refractivity contribution in [2.24, 2.45) is 0 Å². The number of hydrogen-bond donors (Lipinski definition) is 1. The van der Waals surface area contributed by atoms with Crippen LogP contribution in [0.2, 0.25) is 0 Å². The van der Waals surface area contributed by atoms with Gasteiger partial charge in [0.25, 0.3) is 0 Å². The van der Waals surface area contributed by atoms with Crippen molar-refractivity contribution in [3.8, 4) is 0 Å². The van der Waals surface area contributed by atoms with E-state index in [2.05, 4.69) is 15.3 Å². The number of halogens is 1. The Morgan fingerprint density at radius 3 is 2.63 bits per heavy atom. The zero-order valence-corrected chi connectivity index (χ0v) is 11.4. The van der Waals surface area contributed by atoms with Crippen molar-refractivity contribution in [2.45, 2.75) is 33.4 Å². The van der Waals surface area contributed by atoms with Crippen LogP contribution in [0.1, 0.15) is 35.5 Å². The average molecular weight is 259 g/mol. The molecule has 0 aliphatic heterocycles. The molecule has 1 heterocycles. The van der Waals surface area contributed by atoms with Gasteiger partial charge >= 0.3 is 0 Å². The molecule has 4 heteroatoms. The molecule has 1 N–H and O–H groups in total. The second-order valence-corrected chi connectivity index (χ2v) is 4.76. The number of aryl methyl sites for hydroxylation is 2. The summed E-state index contributed by atoms with van der Waals surface area (Å²) in [5, 5.41) is 3.31. The molecule has 0 saturated heterocycles. The summed E-state index contributed by atoms with van der Waals surface area (Å²) in [5.74, 6) is -0.165. The summed E-state index contributed by atoms with van der Waals surface area (Å²) in [7, 11) is 0. The molecule has 1 aromatic heterocycles. The Kier molecular flexibility index (Phi) is 4.22. The molecular formula is C15H18FN3. The van der Waals surface area contributed by atoms with Crippen LogP contribution in [0.5, 0.6) is 0 Å². The van der Waals surface area contributed by atoms with Crippen molar-refractivity contribution in [3.63, 3.8) is 0 Å². The van der Waals surface area contributed by atoms with E-state index in [-0.39, 0.29) is 11.9 Å². The molecule has 19 heavy (non-hydrogen) atoms. The normalized spacial score (nSPS) is 12.4. The number of nitrogens with zero attached hydrogens (tertiary/aromatic N) is 2. The molecule has 0 aliphatic rings. The number of rotatable bonds is 4. The molecule has 0 radical (unpaired) electrons. The highest BCUT2D eigenvalue weighted by molar-refractivity contribution is 5.25. The van der Waals surface area contributed by atoms with Gasteiger partial charge in [-0.2, -0.15) is 0 Å². The van der Waals surface area contributed by atoms with E-state index in [1.807, 2.05) is 19.9 Å². The largest absolute Gasteiger partial charge is 0.305 e. The summed E-state index contributed by atoms with van der Waals surface area (Å²) in [4.78, 5) is 8.47. The first kappa shape index (κ1) is 13.6. The van der Waals surface area contributed by atoms with Crippen molar-refractivity contribution in [2.75, 3.05) is 0 Å². The Morgan fingerprint density at radius 1 is 1.21 bits per heavy atom. The van der Waals surface area contributed by atoms with Crippen molar-refractivity contribution in [1.82, 2.24) is 15.3 Å². The summed E-state index contributed by atoms with van der Waals surface area (Å²) in [6, 6.07) is 5.39. The average Bonchev–Trinajstić information content (AvgIpc) is 2.41.